The van der Waals surface area contributed by atoms with Gasteiger partial charge in [0, 0.05) is 19.1 Å². The molecule has 1 aliphatic rings. The van der Waals surface area contributed by atoms with Crippen LogP contribution in [0.25, 0.3) is 0 Å². The molecule has 166 valence electrons. The van der Waals surface area contributed by atoms with Gasteiger partial charge in [-0.3, -0.25) is 9.69 Å². The molecule has 0 spiro atoms. The van der Waals surface area contributed by atoms with E-state index in [0.717, 1.165) is 25.9 Å². The minimum Gasteiger partial charge on any atom is -0.480 e. The summed E-state index contributed by atoms with van der Waals surface area (Å²) < 4.78 is 0. The Bertz CT molecular complexity index is 773. The van der Waals surface area contributed by atoms with Crippen molar-refractivity contribution in [2.24, 2.45) is 11.7 Å². The number of nitrogens with two attached hydrogens (primary N) is 1. The molecule has 5 N–H and O–H groups in total. The number of aliphatic carboxylic acids is 1. The summed E-state index contributed by atoms with van der Waals surface area (Å²) in [6.45, 7) is 1.62. The Balaban J connectivity index is 1.64. The second-order valence-corrected chi connectivity index (χ2v) is 8.77. The molecule has 0 amide bonds. The van der Waals surface area contributed by atoms with Gasteiger partial charge in [0.25, 0.3) is 0 Å². The first-order valence-corrected chi connectivity index (χ1v) is 11.1. The van der Waals surface area contributed by atoms with Gasteiger partial charge in [0.15, 0.2) is 0 Å². The van der Waals surface area contributed by atoms with E-state index in [1.54, 1.807) is 0 Å². The highest BCUT2D eigenvalue weighted by atomic mass is 16.4. The number of carboxylic acid groups (broad SMARTS) is 1. The molecule has 0 aromatic heterocycles. The molecule has 0 saturated heterocycles. The lowest BCUT2D eigenvalue weighted by Gasteiger charge is -2.49. The largest absolute Gasteiger partial charge is 0.480 e. The number of hydrogen-bond acceptors (Lipinski definition) is 5. The monoisotopic (exact) mass is 424 g/mol. The van der Waals surface area contributed by atoms with Crippen molar-refractivity contribution in [1.82, 2.24) is 4.90 Å². The Kier molecular flexibility index (Phi) is 8.26. The molecule has 0 heterocycles. The zero-order chi connectivity index (χ0) is 22.3. The van der Waals surface area contributed by atoms with Gasteiger partial charge in [-0.1, -0.05) is 73.5 Å². The van der Waals surface area contributed by atoms with Crippen LogP contribution in [0.5, 0.6) is 0 Å². The van der Waals surface area contributed by atoms with Gasteiger partial charge in [-0.15, -0.1) is 0 Å². The van der Waals surface area contributed by atoms with Crippen LogP contribution in [-0.4, -0.2) is 44.7 Å². The van der Waals surface area contributed by atoms with Crippen molar-refractivity contribution in [3.8, 4) is 0 Å². The van der Waals surface area contributed by atoms with Gasteiger partial charge in [0.1, 0.15) is 5.54 Å². The Morgan fingerprint density at radius 2 is 1.48 bits per heavy atom. The predicted molar refractivity (Wildman–Crippen MR) is 122 cm³/mol. The van der Waals surface area contributed by atoms with Crippen LogP contribution in [0.15, 0.2) is 60.7 Å². The maximum atomic E-state index is 12.0. The molecule has 0 radical (unpaired) electrons. The van der Waals surface area contributed by atoms with Crippen molar-refractivity contribution >= 4 is 13.1 Å². The lowest BCUT2D eigenvalue weighted by Crippen LogP contribution is -2.61. The number of nitrogens with zero attached hydrogens (tertiary/aromatic N) is 1. The number of benzene rings is 2. The van der Waals surface area contributed by atoms with Gasteiger partial charge in [-0.2, -0.15) is 0 Å². The average Bonchev–Trinajstić information content (AvgIpc) is 2.71. The number of rotatable bonds is 12. The zero-order valence-electron chi connectivity index (χ0n) is 17.9. The summed E-state index contributed by atoms with van der Waals surface area (Å²) >= 11 is 0. The smallest absolute Gasteiger partial charge is 0.451 e. The Morgan fingerprint density at radius 1 is 0.968 bits per heavy atom. The zero-order valence-corrected chi connectivity index (χ0v) is 17.9. The molecule has 31 heavy (non-hydrogen) atoms. The van der Waals surface area contributed by atoms with E-state index in [0.29, 0.717) is 19.3 Å². The lowest BCUT2D eigenvalue weighted by molar-refractivity contribution is -0.149. The van der Waals surface area contributed by atoms with Crippen molar-refractivity contribution in [3.63, 3.8) is 0 Å². The van der Waals surface area contributed by atoms with Gasteiger partial charge in [-0.25, -0.2) is 0 Å². The first-order chi connectivity index (χ1) is 14.9. The number of hydrogen-bond donors (Lipinski definition) is 4. The summed E-state index contributed by atoms with van der Waals surface area (Å²) in [6, 6.07) is 20.9. The Labute approximate surface area is 184 Å². The summed E-state index contributed by atoms with van der Waals surface area (Å²) in [5, 5.41) is 27.8. The molecule has 3 rings (SSSR count). The van der Waals surface area contributed by atoms with Crippen LogP contribution in [0.4, 0.5) is 0 Å². The van der Waals surface area contributed by atoms with Crippen LogP contribution in [0.1, 0.15) is 43.2 Å². The van der Waals surface area contributed by atoms with Gasteiger partial charge in [-0.05, 0) is 42.6 Å². The van der Waals surface area contributed by atoms with E-state index in [-0.39, 0.29) is 18.3 Å². The summed E-state index contributed by atoms with van der Waals surface area (Å²) in [5.74, 6) is -1.04. The molecule has 2 aromatic carbocycles. The predicted octanol–water partition coefficient (Wildman–Crippen LogP) is 2.89. The fourth-order valence-electron chi connectivity index (χ4n) is 4.49. The van der Waals surface area contributed by atoms with Crippen molar-refractivity contribution in [2.45, 2.75) is 63.1 Å². The Morgan fingerprint density at radius 3 is 1.94 bits per heavy atom. The second-order valence-electron chi connectivity index (χ2n) is 8.77. The van der Waals surface area contributed by atoms with Crippen LogP contribution >= 0.6 is 0 Å². The van der Waals surface area contributed by atoms with E-state index in [9.17, 15) is 9.90 Å². The quantitative estimate of drug-likeness (QED) is 0.308. The van der Waals surface area contributed by atoms with Crippen molar-refractivity contribution < 1.29 is 19.9 Å². The molecule has 1 fully saturated rings. The molecule has 1 unspecified atom stereocenters. The average molecular weight is 424 g/mol. The molecule has 0 bridgehead atoms. The highest BCUT2D eigenvalue weighted by Crippen LogP contribution is 2.41. The summed E-state index contributed by atoms with van der Waals surface area (Å²) in [7, 11) is -1.35. The molecule has 1 atom stereocenters. The van der Waals surface area contributed by atoms with Crippen LogP contribution in [-0.2, 0) is 17.9 Å². The minimum atomic E-state index is -1.35. The van der Waals surface area contributed by atoms with Crippen LogP contribution < -0.4 is 5.73 Å². The standard InChI is InChI=1S/C24H33BN2O4/c26-24(23(28)29,13-7-8-14-25(30)31)21-15-22(16-21)27(17-19-9-3-1-4-10-19)18-20-11-5-2-6-12-20/h1-6,9-12,21-22,30-31H,7-8,13-18,26H2,(H,28,29)/t21-,22-,24?. The number of carboxylic acids is 1. The van der Waals surface area contributed by atoms with E-state index in [1.165, 1.54) is 11.1 Å². The van der Waals surface area contributed by atoms with Gasteiger partial charge < -0.3 is 20.9 Å². The maximum Gasteiger partial charge on any atom is 0.451 e. The molecule has 1 saturated carbocycles. The fraction of sp³-hybridized carbons (Fsp3) is 0.458. The van der Waals surface area contributed by atoms with Crippen molar-refractivity contribution in [1.29, 1.82) is 0 Å². The molecule has 0 aliphatic heterocycles. The third kappa shape index (κ3) is 6.40. The van der Waals surface area contributed by atoms with Gasteiger partial charge in [0.2, 0.25) is 0 Å². The van der Waals surface area contributed by atoms with E-state index < -0.39 is 18.6 Å². The molecule has 6 nitrogen and oxygen atoms in total. The SMILES string of the molecule is NC(CCCCB(O)O)(C(=O)O)[C@H]1C[C@H](N(Cc2ccccc2)Cc2ccccc2)C1. The molecule has 2 aromatic rings. The second kappa shape index (κ2) is 10.9. The fourth-order valence-corrected chi connectivity index (χ4v) is 4.49. The topological polar surface area (TPSA) is 107 Å². The van der Waals surface area contributed by atoms with Crippen molar-refractivity contribution in [3.05, 3.63) is 71.8 Å². The van der Waals surface area contributed by atoms with Gasteiger partial charge in [0.05, 0.1) is 0 Å². The summed E-state index contributed by atoms with van der Waals surface area (Å²) in [5.41, 5.74) is 7.60. The maximum absolute atomic E-state index is 12.0. The highest BCUT2D eigenvalue weighted by Gasteiger charge is 2.49. The molecule has 1 aliphatic carbocycles. The third-order valence-corrected chi connectivity index (χ3v) is 6.52. The normalized spacial score (nSPS) is 20.1. The van der Waals surface area contributed by atoms with Crippen LogP contribution in [0.3, 0.4) is 0 Å². The van der Waals surface area contributed by atoms with E-state index >= 15 is 0 Å². The number of unbranched alkanes of at least 4 members (excludes halogenated alkanes) is 1. The third-order valence-electron chi connectivity index (χ3n) is 6.52. The highest BCUT2D eigenvalue weighted by molar-refractivity contribution is 6.40. The Hall–Kier alpha value is -2.19. The molecule has 7 heteroatoms. The van der Waals surface area contributed by atoms with E-state index in [2.05, 4.69) is 29.2 Å². The first kappa shape index (κ1) is 23.5. The van der Waals surface area contributed by atoms with E-state index in [1.807, 2.05) is 36.4 Å². The minimum absolute atomic E-state index is 0.0805. The lowest BCUT2D eigenvalue weighted by atomic mass is 9.65. The molecular weight excluding hydrogens is 391 g/mol. The first-order valence-electron chi connectivity index (χ1n) is 11.1. The van der Waals surface area contributed by atoms with Crippen LogP contribution in [0.2, 0.25) is 6.32 Å². The molecular formula is C24H33BN2O4. The number of carbonyl (C=O) groups is 1. The van der Waals surface area contributed by atoms with Crippen LogP contribution in [0, 0.1) is 5.92 Å². The van der Waals surface area contributed by atoms with E-state index in [4.69, 9.17) is 15.8 Å². The van der Waals surface area contributed by atoms with Gasteiger partial charge >= 0.3 is 13.1 Å². The van der Waals surface area contributed by atoms with Crippen molar-refractivity contribution in [2.75, 3.05) is 0 Å². The summed E-state index contributed by atoms with van der Waals surface area (Å²) in [6.07, 6.45) is 3.22. The summed E-state index contributed by atoms with van der Waals surface area (Å²) in [4.78, 5) is 14.4.